The molecule has 4 rings (SSSR count). The number of nitrogens with zero attached hydrogens (tertiary/aromatic N) is 3. The van der Waals surface area contributed by atoms with Gasteiger partial charge in [0.05, 0.1) is 27.0 Å². The van der Waals surface area contributed by atoms with Gasteiger partial charge in [-0.3, -0.25) is 4.79 Å². The average Bonchev–Trinajstić information content (AvgIpc) is 3.02. The van der Waals surface area contributed by atoms with Gasteiger partial charge in [0.25, 0.3) is 5.91 Å². The Morgan fingerprint density at radius 3 is 2.21 bits per heavy atom. The summed E-state index contributed by atoms with van der Waals surface area (Å²) in [6.07, 6.45) is 4.16. The molecule has 1 saturated heterocycles. The SMILES string of the molecule is COc1cc(-c2c(C#N)c(N)nc3sc(C(=O)N4CCCCCC4)c(N)c23)cc(OC)c1OC. The molecule has 1 aromatic carbocycles. The maximum Gasteiger partial charge on any atom is 0.266 e. The largest absolute Gasteiger partial charge is 0.493 e. The number of anilines is 2. The summed E-state index contributed by atoms with van der Waals surface area (Å²) in [5, 5.41) is 10.5. The Balaban J connectivity index is 1.97. The number of aromatic nitrogens is 1. The molecule has 9 nitrogen and oxygen atoms in total. The molecule has 0 bridgehead atoms. The molecule has 1 fully saturated rings. The number of nitriles is 1. The van der Waals surface area contributed by atoms with Crippen molar-refractivity contribution >= 4 is 39.0 Å². The number of carbonyl (C=O) groups excluding carboxylic acids is 1. The van der Waals surface area contributed by atoms with E-state index in [2.05, 4.69) is 11.1 Å². The second-order valence-corrected chi connectivity index (χ2v) is 9.00. The molecule has 1 aliphatic rings. The summed E-state index contributed by atoms with van der Waals surface area (Å²) >= 11 is 1.20. The molecule has 0 aliphatic carbocycles. The van der Waals surface area contributed by atoms with Crippen LogP contribution in [0.5, 0.6) is 17.2 Å². The third-order valence-corrected chi connectivity index (χ3v) is 7.14. The van der Waals surface area contributed by atoms with Gasteiger partial charge in [-0.05, 0) is 30.5 Å². The average molecular weight is 482 g/mol. The molecule has 3 heterocycles. The number of hydrogen-bond donors (Lipinski definition) is 2. The van der Waals surface area contributed by atoms with Gasteiger partial charge in [-0.15, -0.1) is 11.3 Å². The van der Waals surface area contributed by atoms with Crippen LogP contribution >= 0.6 is 11.3 Å². The zero-order chi connectivity index (χ0) is 24.4. The molecular weight excluding hydrogens is 454 g/mol. The van der Waals surface area contributed by atoms with E-state index in [1.54, 1.807) is 12.1 Å². The maximum atomic E-state index is 13.4. The Labute approximate surface area is 201 Å². The van der Waals surface area contributed by atoms with E-state index in [0.717, 1.165) is 25.7 Å². The van der Waals surface area contributed by atoms with Crippen molar-refractivity contribution in [3.8, 4) is 34.4 Å². The molecule has 2 aromatic heterocycles. The molecule has 1 amide bonds. The Bertz CT molecular complexity index is 1260. The van der Waals surface area contributed by atoms with Crippen LogP contribution in [0, 0.1) is 11.3 Å². The molecule has 0 atom stereocenters. The van der Waals surface area contributed by atoms with E-state index < -0.39 is 0 Å². The molecule has 0 radical (unpaired) electrons. The number of carbonyl (C=O) groups is 1. The predicted molar refractivity (Wildman–Crippen MR) is 133 cm³/mol. The van der Waals surface area contributed by atoms with Crippen LogP contribution in [-0.2, 0) is 0 Å². The van der Waals surface area contributed by atoms with Crippen molar-refractivity contribution in [1.29, 1.82) is 5.26 Å². The number of nitrogens with two attached hydrogens (primary N) is 2. The van der Waals surface area contributed by atoms with Crippen LogP contribution in [0.3, 0.4) is 0 Å². The molecule has 34 heavy (non-hydrogen) atoms. The molecule has 0 saturated carbocycles. The standard InChI is InChI=1S/C24H27N5O4S/c1-31-15-10-13(11-16(32-2)20(15)33-3)17-14(12-25)22(27)28-23-18(17)19(26)21(34-23)24(30)29-8-6-4-5-7-9-29/h10-11H,4-9,26H2,1-3H3,(H2,27,28). The van der Waals surface area contributed by atoms with Crippen LogP contribution in [0.4, 0.5) is 11.5 Å². The molecule has 3 aromatic rings. The van der Waals surface area contributed by atoms with E-state index in [1.165, 1.54) is 32.7 Å². The summed E-state index contributed by atoms with van der Waals surface area (Å²) < 4.78 is 16.4. The third kappa shape index (κ3) is 3.92. The highest BCUT2D eigenvalue weighted by Gasteiger charge is 2.28. The van der Waals surface area contributed by atoms with Crippen LogP contribution in [0.25, 0.3) is 21.3 Å². The second-order valence-electron chi connectivity index (χ2n) is 8.00. The summed E-state index contributed by atoms with van der Waals surface area (Å²) in [5.41, 5.74) is 14.3. The fraction of sp³-hybridized carbons (Fsp3) is 0.375. The first-order valence-corrected chi connectivity index (χ1v) is 11.8. The molecule has 1 aliphatic heterocycles. The lowest BCUT2D eigenvalue weighted by atomic mass is 9.96. The van der Waals surface area contributed by atoms with Crippen molar-refractivity contribution in [1.82, 2.24) is 9.88 Å². The number of fused-ring (bicyclic) bond motifs is 1. The van der Waals surface area contributed by atoms with E-state index in [4.69, 9.17) is 25.7 Å². The van der Waals surface area contributed by atoms with Crippen molar-refractivity contribution in [3.63, 3.8) is 0 Å². The van der Waals surface area contributed by atoms with E-state index in [9.17, 15) is 10.1 Å². The van der Waals surface area contributed by atoms with Gasteiger partial charge in [-0.1, -0.05) is 12.8 Å². The lowest BCUT2D eigenvalue weighted by Gasteiger charge is -2.19. The number of pyridine rings is 1. The molecule has 0 unspecified atom stereocenters. The number of nitrogen functional groups attached to an aromatic ring is 2. The minimum absolute atomic E-state index is 0.0637. The van der Waals surface area contributed by atoms with Crippen LogP contribution in [0.1, 0.15) is 40.9 Å². The molecule has 0 spiro atoms. The van der Waals surface area contributed by atoms with Gasteiger partial charge in [0.15, 0.2) is 11.5 Å². The smallest absolute Gasteiger partial charge is 0.266 e. The first-order chi connectivity index (χ1) is 16.4. The van der Waals surface area contributed by atoms with E-state index in [-0.39, 0.29) is 17.3 Å². The van der Waals surface area contributed by atoms with E-state index in [1.807, 2.05) is 4.90 Å². The summed E-state index contributed by atoms with van der Waals surface area (Å²) in [4.78, 5) is 20.6. The number of rotatable bonds is 5. The summed E-state index contributed by atoms with van der Waals surface area (Å²) in [6.45, 7) is 1.40. The van der Waals surface area contributed by atoms with Gasteiger partial charge in [-0.2, -0.15) is 5.26 Å². The molecule has 10 heteroatoms. The predicted octanol–water partition coefficient (Wildman–Crippen LogP) is 4.04. The van der Waals surface area contributed by atoms with Crippen LogP contribution in [0.2, 0.25) is 0 Å². The number of likely N-dealkylation sites (tertiary alicyclic amines) is 1. The highest BCUT2D eigenvalue weighted by molar-refractivity contribution is 7.21. The zero-order valence-electron chi connectivity index (χ0n) is 19.4. The van der Waals surface area contributed by atoms with Gasteiger partial charge in [0.2, 0.25) is 5.75 Å². The van der Waals surface area contributed by atoms with Gasteiger partial charge in [0, 0.05) is 24.0 Å². The highest BCUT2D eigenvalue weighted by atomic mass is 32.1. The number of amides is 1. The fourth-order valence-electron chi connectivity index (χ4n) is 4.37. The quantitative estimate of drug-likeness (QED) is 0.557. The molecule has 178 valence electrons. The Morgan fingerprint density at radius 1 is 1.06 bits per heavy atom. The first kappa shape index (κ1) is 23.4. The molecular formula is C24H27N5O4S. The van der Waals surface area contributed by atoms with E-state index in [0.29, 0.717) is 62.2 Å². The second kappa shape index (κ2) is 9.65. The highest BCUT2D eigenvalue weighted by Crippen LogP contribution is 2.47. The number of thiophene rings is 1. The zero-order valence-corrected chi connectivity index (χ0v) is 20.3. The summed E-state index contributed by atoms with van der Waals surface area (Å²) in [6, 6.07) is 5.60. The van der Waals surface area contributed by atoms with Crippen LogP contribution < -0.4 is 25.7 Å². The summed E-state index contributed by atoms with van der Waals surface area (Å²) in [5.74, 6) is 1.20. The maximum absolute atomic E-state index is 13.4. The Hall–Kier alpha value is -3.71. The van der Waals surface area contributed by atoms with Crippen molar-refractivity contribution in [3.05, 3.63) is 22.6 Å². The summed E-state index contributed by atoms with van der Waals surface area (Å²) in [7, 11) is 4.54. The Morgan fingerprint density at radius 2 is 1.68 bits per heavy atom. The van der Waals surface area contributed by atoms with Gasteiger partial charge in [0.1, 0.15) is 27.2 Å². The van der Waals surface area contributed by atoms with Crippen molar-refractivity contribution in [2.75, 3.05) is 45.9 Å². The monoisotopic (exact) mass is 481 g/mol. The van der Waals surface area contributed by atoms with Crippen molar-refractivity contribution in [2.45, 2.75) is 25.7 Å². The minimum Gasteiger partial charge on any atom is -0.493 e. The lowest BCUT2D eigenvalue weighted by Crippen LogP contribution is -2.31. The van der Waals surface area contributed by atoms with Crippen molar-refractivity contribution in [2.24, 2.45) is 0 Å². The first-order valence-electron chi connectivity index (χ1n) is 11.0. The van der Waals surface area contributed by atoms with Crippen molar-refractivity contribution < 1.29 is 19.0 Å². The van der Waals surface area contributed by atoms with E-state index >= 15 is 0 Å². The fourth-order valence-corrected chi connectivity index (χ4v) is 5.45. The number of methoxy groups -OCH3 is 3. The third-order valence-electron chi connectivity index (χ3n) is 6.06. The topological polar surface area (TPSA) is 137 Å². The van der Waals surface area contributed by atoms with Gasteiger partial charge >= 0.3 is 0 Å². The number of benzene rings is 1. The van der Waals surface area contributed by atoms with Crippen LogP contribution in [-0.4, -0.2) is 50.2 Å². The molecule has 4 N–H and O–H groups in total. The lowest BCUT2D eigenvalue weighted by molar-refractivity contribution is 0.0767. The Kier molecular flexibility index (Phi) is 6.65. The van der Waals surface area contributed by atoms with Gasteiger partial charge < -0.3 is 30.6 Å². The number of hydrogen-bond acceptors (Lipinski definition) is 9. The minimum atomic E-state index is -0.115. The van der Waals surface area contributed by atoms with Gasteiger partial charge in [-0.25, -0.2) is 4.98 Å². The number of ether oxygens (including phenoxy) is 3. The van der Waals surface area contributed by atoms with Crippen LogP contribution in [0.15, 0.2) is 12.1 Å². The normalized spacial score (nSPS) is 13.9.